The highest BCUT2D eigenvalue weighted by atomic mass is 16.5. The summed E-state index contributed by atoms with van der Waals surface area (Å²) < 4.78 is 10.4. The molecule has 0 bridgehead atoms. The third kappa shape index (κ3) is 5.98. The van der Waals surface area contributed by atoms with E-state index in [1.165, 1.54) is 6.92 Å². The number of carbonyl (C=O) groups excluding carboxylic acids is 4. The number of ether oxygens (including phenoxy) is 2. The summed E-state index contributed by atoms with van der Waals surface area (Å²) in [6, 6.07) is 6.37. The second-order valence-corrected chi connectivity index (χ2v) is 5.89. The Kier molecular flexibility index (Phi) is 7.16. The Balaban J connectivity index is 1.72. The maximum atomic E-state index is 12.1. The number of rotatable bonds is 9. The van der Waals surface area contributed by atoms with Crippen LogP contribution in [0.4, 0.5) is 10.5 Å². The van der Waals surface area contributed by atoms with Crippen LogP contribution in [0.3, 0.4) is 0 Å². The van der Waals surface area contributed by atoms with Crippen molar-refractivity contribution >= 4 is 29.5 Å². The summed E-state index contributed by atoms with van der Waals surface area (Å²) >= 11 is 0. The molecular weight excluding hydrogens is 354 g/mol. The summed E-state index contributed by atoms with van der Waals surface area (Å²) in [5.41, 5.74) is 0.560. The number of benzene rings is 1. The summed E-state index contributed by atoms with van der Waals surface area (Å²) in [6.45, 7) is 4.01. The van der Waals surface area contributed by atoms with Crippen molar-refractivity contribution in [1.29, 1.82) is 0 Å². The number of amides is 4. The van der Waals surface area contributed by atoms with Crippen LogP contribution < -0.4 is 15.4 Å². The second kappa shape index (κ2) is 9.56. The van der Waals surface area contributed by atoms with Crippen LogP contribution in [0.1, 0.15) is 26.7 Å². The van der Waals surface area contributed by atoms with Gasteiger partial charge in [-0.3, -0.25) is 19.3 Å². The average Bonchev–Trinajstić information content (AvgIpc) is 2.95. The lowest BCUT2D eigenvalue weighted by atomic mass is 10.2. The van der Waals surface area contributed by atoms with Crippen molar-refractivity contribution in [3.8, 4) is 5.75 Å². The van der Waals surface area contributed by atoms with E-state index >= 15 is 0 Å². The van der Waals surface area contributed by atoms with Gasteiger partial charge in [0.15, 0.2) is 6.10 Å². The SMILES string of the molecule is CCOc1ccc(NC(=O)[C@H](C)OC(=O)CCCN2C(=O)CNC2=O)cc1. The fraction of sp³-hybridized carbons (Fsp3) is 0.444. The van der Waals surface area contributed by atoms with Gasteiger partial charge in [0.1, 0.15) is 5.75 Å². The summed E-state index contributed by atoms with van der Waals surface area (Å²) in [4.78, 5) is 47.8. The van der Waals surface area contributed by atoms with Crippen LogP contribution in [-0.4, -0.2) is 54.5 Å². The van der Waals surface area contributed by atoms with Gasteiger partial charge in [0.25, 0.3) is 5.91 Å². The maximum absolute atomic E-state index is 12.1. The van der Waals surface area contributed by atoms with E-state index in [-0.39, 0.29) is 31.8 Å². The van der Waals surface area contributed by atoms with Gasteiger partial charge in [-0.05, 0) is 44.5 Å². The molecule has 1 aliphatic rings. The molecule has 1 aliphatic heterocycles. The molecule has 146 valence electrons. The van der Waals surface area contributed by atoms with Gasteiger partial charge in [0, 0.05) is 18.7 Å². The monoisotopic (exact) mass is 377 g/mol. The molecule has 9 nitrogen and oxygen atoms in total. The van der Waals surface area contributed by atoms with E-state index in [4.69, 9.17) is 9.47 Å². The van der Waals surface area contributed by atoms with Gasteiger partial charge in [-0.1, -0.05) is 0 Å². The molecule has 0 unspecified atom stereocenters. The van der Waals surface area contributed by atoms with E-state index in [0.29, 0.717) is 18.0 Å². The first kappa shape index (κ1) is 20.2. The van der Waals surface area contributed by atoms with E-state index in [1.54, 1.807) is 24.3 Å². The zero-order valence-electron chi connectivity index (χ0n) is 15.3. The first-order chi connectivity index (χ1) is 12.9. The molecule has 2 N–H and O–H groups in total. The van der Waals surface area contributed by atoms with E-state index in [0.717, 1.165) is 4.90 Å². The standard InChI is InChI=1S/C18H23N3O6/c1-3-26-14-8-6-13(7-9-14)20-17(24)12(2)27-16(23)5-4-10-21-15(22)11-19-18(21)25/h6-9,12H,3-5,10-11H2,1-2H3,(H,19,25)(H,20,24)/t12-/m0/s1. The van der Waals surface area contributed by atoms with Gasteiger partial charge in [0.05, 0.1) is 13.2 Å². The predicted octanol–water partition coefficient (Wildman–Crippen LogP) is 1.29. The molecule has 1 fully saturated rings. The number of imide groups is 1. The largest absolute Gasteiger partial charge is 0.494 e. The van der Waals surface area contributed by atoms with Gasteiger partial charge in [-0.2, -0.15) is 0 Å². The lowest BCUT2D eigenvalue weighted by Crippen LogP contribution is -2.33. The summed E-state index contributed by atoms with van der Waals surface area (Å²) in [5, 5.41) is 5.05. The highest BCUT2D eigenvalue weighted by molar-refractivity contribution is 6.01. The molecule has 1 aromatic carbocycles. The van der Waals surface area contributed by atoms with Crippen LogP contribution in [0.25, 0.3) is 0 Å². The quantitative estimate of drug-likeness (QED) is 0.495. The Bertz CT molecular complexity index is 688. The van der Waals surface area contributed by atoms with Crippen LogP contribution in [0.2, 0.25) is 0 Å². The lowest BCUT2D eigenvalue weighted by molar-refractivity contribution is -0.153. The molecule has 0 radical (unpaired) electrons. The molecular formula is C18H23N3O6. The van der Waals surface area contributed by atoms with E-state index in [1.807, 2.05) is 6.92 Å². The normalized spacial score (nSPS) is 14.5. The van der Waals surface area contributed by atoms with Crippen molar-refractivity contribution in [1.82, 2.24) is 10.2 Å². The van der Waals surface area contributed by atoms with Crippen LogP contribution >= 0.6 is 0 Å². The molecule has 1 saturated heterocycles. The topological polar surface area (TPSA) is 114 Å². The molecule has 0 aliphatic carbocycles. The van der Waals surface area contributed by atoms with Gasteiger partial charge in [0.2, 0.25) is 5.91 Å². The zero-order valence-corrected chi connectivity index (χ0v) is 15.3. The van der Waals surface area contributed by atoms with Gasteiger partial charge in [-0.15, -0.1) is 0 Å². The smallest absolute Gasteiger partial charge is 0.324 e. The van der Waals surface area contributed by atoms with Crippen molar-refractivity contribution in [2.45, 2.75) is 32.8 Å². The average molecular weight is 377 g/mol. The van der Waals surface area contributed by atoms with E-state index < -0.39 is 24.0 Å². The predicted molar refractivity (Wildman–Crippen MR) is 96.1 cm³/mol. The van der Waals surface area contributed by atoms with Crippen molar-refractivity contribution in [3.63, 3.8) is 0 Å². The summed E-state index contributed by atoms with van der Waals surface area (Å²) in [5.74, 6) is -0.658. The highest BCUT2D eigenvalue weighted by Crippen LogP contribution is 2.16. The second-order valence-electron chi connectivity index (χ2n) is 5.89. The van der Waals surface area contributed by atoms with Crippen LogP contribution in [0, 0.1) is 0 Å². The molecule has 27 heavy (non-hydrogen) atoms. The highest BCUT2D eigenvalue weighted by Gasteiger charge is 2.28. The van der Waals surface area contributed by atoms with Gasteiger partial charge in [-0.25, -0.2) is 4.79 Å². The molecule has 9 heteroatoms. The molecule has 0 aromatic heterocycles. The molecule has 1 aromatic rings. The number of urea groups is 1. The Morgan fingerprint density at radius 2 is 1.96 bits per heavy atom. The Hall–Kier alpha value is -3.10. The Labute approximate surface area is 157 Å². The van der Waals surface area contributed by atoms with E-state index in [2.05, 4.69) is 10.6 Å². The van der Waals surface area contributed by atoms with Crippen LogP contribution in [-0.2, 0) is 19.1 Å². The molecule has 2 rings (SSSR count). The van der Waals surface area contributed by atoms with Crippen molar-refractivity contribution in [2.75, 3.05) is 25.0 Å². The number of hydrogen-bond donors (Lipinski definition) is 2. The molecule has 1 atom stereocenters. The van der Waals surface area contributed by atoms with Gasteiger partial charge >= 0.3 is 12.0 Å². The Morgan fingerprint density at radius 3 is 2.56 bits per heavy atom. The summed E-state index contributed by atoms with van der Waals surface area (Å²) in [7, 11) is 0. The minimum Gasteiger partial charge on any atom is -0.494 e. The van der Waals surface area contributed by atoms with Crippen LogP contribution in [0.5, 0.6) is 5.75 Å². The number of hydrogen-bond acceptors (Lipinski definition) is 6. The van der Waals surface area contributed by atoms with E-state index in [9.17, 15) is 19.2 Å². The third-order valence-electron chi connectivity index (χ3n) is 3.81. The first-order valence-corrected chi connectivity index (χ1v) is 8.72. The number of anilines is 1. The Morgan fingerprint density at radius 1 is 1.26 bits per heavy atom. The number of nitrogens with zero attached hydrogens (tertiary/aromatic N) is 1. The molecule has 0 saturated carbocycles. The van der Waals surface area contributed by atoms with Crippen molar-refractivity contribution in [3.05, 3.63) is 24.3 Å². The fourth-order valence-electron chi connectivity index (χ4n) is 2.42. The number of nitrogens with one attached hydrogen (secondary N) is 2. The zero-order chi connectivity index (χ0) is 19.8. The fourth-order valence-corrected chi connectivity index (χ4v) is 2.42. The third-order valence-corrected chi connectivity index (χ3v) is 3.81. The van der Waals surface area contributed by atoms with Gasteiger partial charge < -0.3 is 20.1 Å². The molecule has 0 spiro atoms. The number of esters is 1. The molecule has 4 amide bonds. The number of carbonyl (C=O) groups is 4. The first-order valence-electron chi connectivity index (χ1n) is 8.72. The minimum absolute atomic E-state index is 0.00225. The lowest BCUT2D eigenvalue weighted by Gasteiger charge is -2.15. The van der Waals surface area contributed by atoms with Crippen molar-refractivity contribution < 1.29 is 28.7 Å². The minimum atomic E-state index is -0.971. The van der Waals surface area contributed by atoms with Crippen LogP contribution in [0.15, 0.2) is 24.3 Å². The van der Waals surface area contributed by atoms with Crippen molar-refractivity contribution in [2.24, 2.45) is 0 Å². The summed E-state index contributed by atoms with van der Waals surface area (Å²) in [6.07, 6.45) is -0.705. The molecule has 1 heterocycles. The maximum Gasteiger partial charge on any atom is 0.324 e.